The summed E-state index contributed by atoms with van der Waals surface area (Å²) in [5.74, 6) is 0. The molecule has 0 aliphatic carbocycles. The van der Waals surface area contributed by atoms with Crippen LogP contribution in [0.2, 0.25) is 0 Å². The van der Waals surface area contributed by atoms with E-state index in [0.717, 1.165) is 7.05 Å². The molecule has 36 valence electrons. The van der Waals surface area contributed by atoms with Gasteiger partial charge in [0.05, 0.1) is 0 Å². The van der Waals surface area contributed by atoms with E-state index in [2.05, 4.69) is 15.1 Å². The second kappa shape index (κ2) is 3.95. The van der Waals surface area contributed by atoms with Gasteiger partial charge >= 0.3 is 46.6 Å². The predicted molar refractivity (Wildman–Crippen MR) is 28.9 cm³/mol. The third kappa shape index (κ3) is 4.78. The van der Waals surface area contributed by atoms with Crippen LogP contribution < -0.4 is 0 Å². The molecule has 3 heteroatoms. The van der Waals surface area contributed by atoms with Gasteiger partial charge in [0.25, 0.3) is 0 Å². The third-order valence-corrected chi connectivity index (χ3v) is 1.30. The molecule has 0 saturated carbocycles. The van der Waals surface area contributed by atoms with Gasteiger partial charge in [-0.1, -0.05) is 0 Å². The van der Waals surface area contributed by atoms with Crippen molar-refractivity contribution in [3.05, 3.63) is 0 Å². The van der Waals surface area contributed by atoms with E-state index in [4.69, 9.17) is 4.52 Å². The van der Waals surface area contributed by atoms with Crippen molar-refractivity contribution in [3.63, 3.8) is 0 Å². The Labute approximate surface area is 47.2 Å². The Kier molecular flexibility index (Phi) is 4.47. The van der Waals surface area contributed by atoms with E-state index in [0.29, 0.717) is 6.10 Å². The molecule has 1 nitrogen and oxygen atoms in total. The van der Waals surface area contributed by atoms with Crippen molar-refractivity contribution in [2.75, 3.05) is 0 Å². The Balaban J connectivity index is 2.81. The van der Waals surface area contributed by atoms with Crippen LogP contribution in [0, 0.1) is 0 Å². The fourth-order valence-corrected chi connectivity index (χ4v) is 1.34. The average molecular weight is 169 g/mol. The first-order valence-electron chi connectivity index (χ1n) is 1.76. The molecule has 0 aromatic heterocycles. The first-order valence-corrected chi connectivity index (χ1v) is 4.78. The van der Waals surface area contributed by atoms with Crippen molar-refractivity contribution in [2.24, 2.45) is 0 Å². The van der Waals surface area contributed by atoms with Crippen molar-refractivity contribution in [3.8, 4) is 0 Å². The Morgan fingerprint density at radius 1 is 1.67 bits per heavy atom. The quantitative estimate of drug-likeness (QED) is 0.447. The van der Waals surface area contributed by atoms with Gasteiger partial charge in [-0.05, 0) is 0 Å². The summed E-state index contributed by atoms with van der Waals surface area (Å²) in [6, 6.07) is 0. The molecule has 0 amide bonds. The molecule has 0 radical (unpaired) electrons. The summed E-state index contributed by atoms with van der Waals surface area (Å²) in [6.45, 7) is 4.01. The first kappa shape index (κ1) is 6.78. The van der Waals surface area contributed by atoms with Gasteiger partial charge < -0.3 is 0 Å². The summed E-state index contributed by atoms with van der Waals surface area (Å²) >= 11 is 2.72. The summed E-state index contributed by atoms with van der Waals surface area (Å²) in [4.78, 5) is 0. The maximum atomic E-state index is 4.96. The SMILES string of the molecule is CC(C)OP=[Se]. The van der Waals surface area contributed by atoms with Crippen LogP contribution in [0.25, 0.3) is 0 Å². The molecule has 0 aromatic carbocycles. The molecule has 6 heavy (non-hydrogen) atoms. The van der Waals surface area contributed by atoms with Crippen molar-refractivity contribution < 1.29 is 4.52 Å². The molecule has 0 aliphatic rings. The van der Waals surface area contributed by atoms with Crippen LogP contribution in [0.3, 0.4) is 0 Å². The van der Waals surface area contributed by atoms with Gasteiger partial charge in [0, 0.05) is 0 Å². The van der Waals surface area contributed by atoms with Gasteiger partial charge in [0.2, 0.25) is 0 Å². The number of hydrogen-bond donors (Lipinski definition) is 0. The summed E-state index contributed by atoms with van der Waals surface area (Å²) in [5, 5.41) is 0. The molecule has 0 heterocycles. The molecule has 0 bridgehead atoms. The molecule has 0 saturated heterocycles. The molecular formula is C3H7OPSe. The van der Waals surface area contributed by atoms with Crippen LogP contribution in [-0.4, -0.2) is 21.2 Å². The van der Waals surface area contributed by atoms with E-state index >= 15 is 0 Å². The minimum atomic E-state index is 0.355. The summed E-state index contributed by atoms with van der Waals surface area (Å²) < 4.78 is 4.96. The van der Waals surface area contributed by atoms with Gasteiger partial charge in [-0.25, -0.2) is 0 Å². The molecule has 0 fully saturated rings. The van der Waals surface area contributed by atoms with Crippen LogP contribution in [0.5, 0.6) is 0 Å². The minimum absolute atomic E-state index is 0.355. The zero-order valence-electron chi connectivity index (χ0n) is 3.84. The van der Waals surface area contributed by atoms with Crippen LogP contribution >= 0.6 is 7.05 Å². The molecule has 0 aromatic rings. The second-order valence-corrected chi connectivity index (χ2v) is 2.53. The molecule has 0 spiro atoms. The van der Waals surface area contributed by atoms with Crippen molar-refractivity contribution >= 4 is 22.2 Å². The van der Waals surface area contributed by atoms with E-state index in [-0.39, 0.29) is 0 Å². The normalized spacial score (nSPS) is 10.5. The van der Waals surface area contributed by atoms with Crippen molar-refractivity contribution in [2.45, 2.75) is 20.0 Å². The summed E-state index contributed by atoms with van der Waals surface area (Å²) in [5.41, 5.74) is 0. The first-order chi connectivity index (χ1) is 2.77. The van der Waals surface area contributed by atoms with Crippen LogP contribution in [0.1, 0.15) is 13.8 Å². The topological polar surface area (TPSA) is 9.23 Å². The fourth-order valence-electron chi connectivity index (χ4n) is 0.0861. The molecule has 0 N–H and O–H groups in total. The molecule has 0 aliphatic heterocycles. The Bertz CT molecular complexity index is 46.1. The number of hydrogen-bond acceptors (Lipinski definition) is 1. The van der Waals surface area contributed by atoms with Gasteiger partial charge in [-0.2, -0.15) is 0 Å². The van der Waals surface area contributed by atoms with E-state index in [1.165, 1.54) is 0 Å². The van der Waals surface area contributed by atoms with E-state index in [9.17, 15) is 0 Å². The monoisotopic (exact) mass is 170 g/mol. The Hall–Kier alpha value is 0.779. The fraction of sp³-hybridized carbons (Fsp3) is 1.00. The number of rotatable bonds is 2. The van der Waals surface area contributed by atoms with Crippen LogP contribution in [-0.2, 0) is 4.52 Å². The van der Waals surface area contributed by atoms with Crippen molar-refractivity contribution in [1.29, 1.82) is 0 Å². The van der Waals surface area contributed by atoms with Gasteiger partial charge in [-0.3, -0.25) is 0 Å². The van der Waals surface area contributed by atoms with Gasteiger partial charge in [0.15, 0.2) is 0 Å². The third-order valence-electron chi connectivity index (χ3n) is 0.254. The summed E-state index contributed by atoms with van der Waals surface area (Å²) in [7, 11) is 0.899. The molecule has 0 rings (SSSR count). The molecule has 0 atom stereocenters. The predicted octanol–water partition coefficient (Wildman–Crippen LogP) is 1.36. The van der Waals surface area contributed by atoms with E-state index < -0.39 is 0 Å². The van der Waals surface area contributed by atoms with Gasteiger partial charge in [0.1, 0.15) is 0 Å². The zero-order chi connectivity index (χ0) is 4.99. The van der Waals surface area contributed by atoms with Gasteiger partial charge in [-0.15, -0.1) is 0 Å². The van der Waals surface area contributed by atoms with Crippen LogP contribution in [0.15, 0.2) is 0 Å². The van der Waals surface area contributed by atoms with E-state index in [1.54, 1.807) is 0 Å². The van der Waals surface area contributed by atoms with E-state index in [1.807, 2.05) is 13.8 Å². The summed E-state index contributed by atoms with van der Waals surface area (Å²) in [6.07, 6.45) is 0.355. The average Bonchev–Trinajstić information content (AvgIpc) is 1.35. The zero-order valence-corrected chi connectivity index (χ0v) is 6.45. The standard InChI is InChI=1S/C3H7OPSe/c1-3(2)4-5-6/h3H,1-2H3. The second-order valence-electron chi connectivity index (χ2n) is 1.23. The maximum absolute atomic E-state index is 4.96. The Morgan fingerprint density at radius 2 is 2.17 bits per heavy atom. The molecule has 0 unspecified atom stereocenters. The molecular weight excluding hydrogens is 162 g/mol. The van der Waals surface area contributed by atoms with Crippen molar-refractivity contribution in [1.82, 2.24) is 0 Å². The Morgan fingerprint density at radius 3 is 2.17 bits per heavy atom. The van der Waals surface area contributed by atoms with Crippen LogP contribution in [0.4, 0.5) is 0 Å².